The van der Waals surface area contributed by atoms with Gasteiger partial charge in [0.05, 0.1) is 0 Å². The average Bonchev–Trinajstić information content (AvgIpc) is 2.30. The quantitative estimate of drug-likeness (QED) is 0.720. The van der Waals surface area contributed by atoms with Crippen LogP contribution in [0, 0.1) is 18.3 Å². The maximum Gasteiger partial charge on any atom is 0.122 e. The predicted molar refractivity (Wildman–Crippen MR) is 93.1 cm³/mol. The van der Waals surface area contributed by atoms with Gasteiger partial charge in [-0.1, -0.05) is 72.6 Å². The molecule has 1 heteroatoms. The van der Waals surface area contributed by atoms with Crippen LogP contribution >= 0.6 is 0 Å². The molecule has 0 aromatic heterocycles. The molecule has 0 aliphatic heterocycles. The molecule has 1 atom stereocenters. The van der Waals surface area contributed by atoms with Crippen molar-refractivity contribution in [1.29, 1.82) is 0 Å². The average molecular weight is 290 g/mol. The van der Waals surface area contributed by atoms with Gasteiger partial charge in [-0.05, 0) is 47.6 Å². The summed E-state index contributed by atoms with van der Waals surface area (Å²) in [6.45, 7) is 17.8. The molecule has 0 spiro atoms. The lowest BCUT2D eigenvalue weighted by atomic mass is 9.74. The van der Waals surface area contributed by atoms with Gasteiger partial charge in [-0.3, -0.25) is 0 Å². The highest BCUT2D eigenvalue weighted by molar-refractivity contribution is 5.47. The first-order valence-corrected chi connectivity index (χ1v) is 8.29. The van der Waals surface area contributed by atoms with E-state index in [4.69, 9.17) is 0 Å². The molecule has 1 nitrogen and oxygen atoms in total. The van der Waals surface area contributed by atoms with Crippen molar-refractivity contribution >= 4 is 0 Å². The lowest BCUT2D eigenvalue weighted by Crippen LogP contribution is -2.23. The van der Waals surface area contributed by atoms with Crippen LogP contribution in [0.15, 0.2) is 12.1 Å². The Labute approximate surface area is 131 Å². The van der Waals surface area contributed by atoms with Crippen LogP contribution in [0.25, 0.3) is 0 Å². The van der Waals surface area contributed by atoms with Crippen LogP contribution in [-0.4, -0.2) is 5.11 Å². The summed E-state index contributed by atoms with van der Waals surface area (Å²) in [6.07, 6.45) is 3.37. The van der Waals surface area contributed by atoms with E-state index in [0.717, 1.165) is 17.5 Å². The van der Waals surface area contributed by atoms with Crippen LogP contribution in [0.3, 0.4) is 0 Å². The Morgan fingerprint density at radius 1 is 1.05 bits per heavy atom. The Balaban J connectivity index is 3.22. The molecule has 1 rings (SSSR count). The maximum atomic E-state index is 10.7. The first-order valence-electron chi connectivity index (χ1n) is 8.29. The van der Waals surface area contributed by atoms with Gasteiger partial charge in [-0.15, -0.1) is 0 Å². The van der Waals surface area contributed by atoms with Gasteiger partial charge in [0.1, 0.15) is 5.75 Å². The van der Waals surface area contributed by atoms with E-state index in [2.05, 4.69) is 67.5 Å². The van der Waals surface area contributed by atoms with Crippen molar-refractivity contribution in [2.45, 2.75) is 80.1 Å². The van der Waals surface area contributed by atoms with Crippen LogP contribution in [0.2, 0.25) is 0 Å². The summed E-state index contributed by atoms with van der Waals surface area (Å²) < 4.78 is 0. The summed E-state index contributed by atoms with van der Waals surface area (Å²) in [7, 11) is 0. The van der Waals surface area contributed by atoms with Crippen molar-refractivity contribution in [3.63, 3.8) is 0 Å². The van der Waals surface area contributed by atoms with E-state index in [1.54, 1.807) is 0 Å². The van der Waals surface area contributed by atoms with Crippen molar-refractivity contribution in [3.8, 4) is 5.75 Å². The van der Waals surface area contributed by atoms with Crippen LogP contribution in [0.1, 0.15) is 78.0 Å². The number of aryl methyl sites for hydroxylation is 1. The zero-order valence-electron chi connectivity index (χ0n) is 15.3. The molecule has 1 N–H and O–H groups in total. The smallest absolute Gasteiger partial charge is 0.122 e. The molecule has 0 radical (unpaired) electrons. The Bertz CT molecular complexity index is 472. The second-order valence-electron chi connectivity index (χ2n) is 8.63. The summed E-state index contributed by atoms with van der Waals surface area (Å²) >= 11 is 0. The van der Waals surface area contributed by atoms with Gasteiger partial charge in [0.2, 0.25) is 0 Å². The SMILES string of the molecule is CCCC(Cc1cc(C)cc(C(C)(C)C)c1O)C(C)(C)C. The summed E-state index contributed by atoms with van der Waals surface area (Å²) in [5.41, 5.74) is 3.69. The fraction of sp³-hybridized carbons (Fsp3) is 0.700. The normalized spacial score (nSPS) is 14.3. The molecular weight excluding hydrogens is 256 g/mol. The minimum absolute atomic E-state index is 0.0210. The molecule has 1 unspecified atom stereocenters. The van der Waals surface area contributed by atoms with Crippen molar-refractivity contribution < 1.29 is 5.11 Å². The third kappa shape index (κ3) is 4.76. The molecule has 0 aliphatic rings. The van der Waals surface area contributed by atoms with Crippen molar-refractivity contribution in [3.05, 3.63) is 28.8 Å². The zero-order valence-corrected chi connectivity index (χ0v) is 15.3. The second-order valence-corrected chi connectivity index (χ2v) is 8.63. The van der Waals surface area contributed by atoms with Gasteiger partial charge in [0, 0.05) is 0 Å². The summed E-state index contributed by atoms with van der Waals surface area (Å²) in [5, 5.41) is 10.7. The van der Waals surface area contributed by atoms with Gasteiger partial charge >= 0.3 is 0 Å². The maximum absolute atomic E-state index is 10.7. The number of hydrogen-bond acceptors (Lipinski definition) is 1. The number of benzene rings is 1. The Morgan fingerprint density at radius 3 is 2.05 bits per heavy atom. The molecule has 0 fully saturated rings. The number of phenolic OH excluding ortho intramolecular Hbond substituents is 1. The highest BCUT2D eigenvalue weighted by Crippen LogP contribution is 2.39. The Kier molecular flexibility index (Phi) is 5.52. The topological polar surface area (TPSA) is 20.2 Å². The summed E-state index contributed by atoms with van der Waals surface area (Å²) in [5.74, 6) is 1.11. The molecular formula is C20H34O. The molecule has 0 amide bonds. The molecule has 120 valence electrons. The van der Waals surface area contributed by atoms with Gasteiger partial charge < -0.3 is 5.11 Å². The van der Waals surface area contributed by atoms with E-state index in [1.165, 1.54) is 18.4 Å². The minimum Gasteiger partial charge on any atom is -0.507 e. The Morgan fingerprint density at radius 2 is 1.62 bits per heavy atom. The van der Waals surface area contributed by atoms with Crippen molar-refractivity contribution in [2.24, 2.45) is 11.3 Å². The molecule has 0 bridgehead atoms. The van der Waals surface area contributed by atoms with Gasteiger partial charge in [-0.25, -0.2) is 0 Å². The van der Waals surface area contributed by atoms with E-state index in [9.17, 15) is 5.11 Å². The number of hydrogen-bond donors (Lipinski definition) is 1. The van der Waals surface area contributed by atoms with E-state index >= 15 is 0 Å². The van der Waals surface area contributed by atoms with Crippen LogP contribution in [0.5, 0.6) is 5.75 Å². The van der Waals surface area contributed by atoms with E-state index in [0.29, 0.717) is 11.7 Å². The highest BCUT2D eigenvalue weighted by atomic mass is 16.3. The summed E-state index contributed by atoms with van der Waals surface area (Å²) in [6, 6.07) is 4.30. The minimum atomic E-state index is -0.0210. The highest BCUT2D eigenvalue weighted by Gasteiger charge is 2.27. The molecule has 1 aromatic rings. The summed E-state index contributed by atoms with van der Waals surface area (Å²) in [4.78, 5) is 0. The van der Waals surface area contributed by atoms with Crippen molar-refractivity contribution in [2.75, 3.05) is 0 Å². The van der Waals surface area contributed by atoms with E-state index < -0.39 is 0 Å². The first kappa shape index (κ1) is 18.1. The molecule has 0 aliphatic carbocycles. The predicted octanol–water partition coefficient (Wildman–Crippen LogP) is 6.00. The standard InChI is InChI=1S/C20H34O/c1-9-10-16(19(3,4)5)13-15-11-14(2)12-17(18(15)21)20(6,7)8/h11-12,16,21H,9-10,13H2,1-8H3. The van der Waals surface area contributed by atoms with E-state index in [-0.39, 0.29) is 10.8 Å². The lowest BCUT2D eigenvalue weighted by Gasteiger charge is -2.32. The number of aromatic hydroxyl groups is 1. The van der Waals surface area contributed by atoms with Crippen LogP contribution in [0.4, 0.5) is 0 Å². The third-order valence-corrected chi connectivity index (χ3v) is 4.47. The van der Waals surface area contributed by atoms with Gasteiger partial charge in [0.25, 0.3) is 0 Å². The Hall–Kier alpha value is -0.980. The third-order valence-electron chi connectivity index (χ3n) is 4.47. The lowest BCUT2D eigenvalue weighted by molar-refractivity contribution is 0.221. The van der Waals surface area contributed by atoms with Crippen LogP contribution < -0.4 is 0 Å². The zero-order chi connectivity index (χ0) is 16.4. The monoisotopic (exact) mass is 290 g/mol. The second kappa shape index (κ2) is 6.42. The fourth-order valence-electron chi connectivity index (χ4n) is 3.04. The largest absolute Gasteiger partial charge is 0.507 e. The van der Waals surface area contributed by atoms with Gasteiger partial charge in [-0.2, -0.15) is 0 Å². The van der Waals surface area contributed by atoms with E-state index in [1.807, 2.05) is 0 Å². The molecule has 0 saturated heterocycles. The first-order chi connectivity index (χ1) is 9.46. The fourth-order valence-corrected chi connectivity index (χ4v) is 3.04. The van der Waals surface area contributed by atoms with Crippen LogP contribution in [-0.2, 0) is 11.8 Å². The molecule has 1 aromatic carbocycles. The molecule has 0 saturated carbocycles. The number of rotatable bonds is 4. The van der Waals surface area contributed by atoms with Crippen molar-refractivity contribution in [1.82, 2.24) is 0 Å². The molecule has 21 heavy (non-hydrogen) atoms. The molecule has 0 heterocycles. The number of phenols is 1. The van der Waals surface area contributed by atoms with Gasteiger partial charge in [0.15, 0.2) is 0 Å².